The molecule has 1 amide bonds. The first kappa shape index (κ1) is 21.3. The van der Waals surface area contributed by atoms with Gasteiger partial charge in [0, 0.05) is 0 Å². The van der Waals surface area contributed by atoms with E-state index in [9.17, 15) is 19.2 Å². The monoisotopic (exact) mass is 420 g/mol. The van der Waals surface area contributed by atoms with E-state index in [4.69, 9.17) is 13.9 Å². The molecule has 0 bridgehead atoms. The Morgan fingerprint density at radius 3 is 2.58 bits per heavy atom. The summed E-state index contributed by atoms with van der Waals surface area (Å²) in [6, 6.07) is 14.7. The van der Waals surface area contributed by atoms with Gasteiger partial charge in [-0.3, -0.25) is 4.79 Å². The second kappa shape index (κ2) is 9.89. The lowest BCUT2D eigenvalue weighted by Gasteiger charge is -2.10. The molecule has 1 heterocycles. The number of furan rings is 1. The van der Waals surface area contributed by atoms with Crippen molar-refractivity contribution < 1.29 is 27.9 Å². The summed E-state index contributed by atoms with van der Waals surface area (Å²) in [7, 11) is 1.39. The Kier molecular flexibility index (Phi) is 6.81. The third-order valence-electron chi connectivity index (χ3n) is 4.15. The van der Waals surface area contributed by atoms with Gasteiger partial charge in [-0.1, -0.05) is 6.07 Å². The van der Waals surface area contributed by atoms with E-state index < -0.39 is 17.7 Å². The van der Waals surface area contributed by atoms with Gasteiger partial charge in [-0.05, 0) is 60.2 Å². The van der Waals surface area contributed by atoms with Crippen molar-refractivity contribution >= 4 is 18.0 Å². The van der Waals surface area contributed by atoms with Gasteiger partial charge in [0.25, 0.3) is 5.91 Å². The second-order valence-corrected chi connectivity index (χ2v) is 6.24. The molecule has 0 saturated heterocycles. The highest BCUT2D eigenvalue weighted by molar-refractivity contribution is 6.01. The highest BCUT2D eigenvalue weighted by Crippen LogP contribution is 2.29. The molecule has 0 aliphatic rings. The first-order valence-corrected chi connectivity index (χ1v) is 9.08. The lowest BCUT2D eigenvalue weighted by atomic mass is 10.1. The molecular formula is C23H17FN2O5. The van der Waals surface area contributed by atoms with Crippen LogP contribution in [0.15, 0.2) is 70.9 Å². The van der Waals surface area contributed by atoms with Gasteiger partial charge in [0.05, 0.1) is 25.5 Å². The van der Waals surface area contributed by atoms with Gasteiger partial charge in [-0.25, -0.2) is 9.18 Å². The van der Waals surface area contributed by atoms with Crippen LogP contribution < -0.4 is 14.8 Å². The van der Waals surface area contributed by atoms with Crippen LogP contribution in [0.2, 0.25) is 0 Å². The molecule has 3 rings (SSSR count). The summed E-state index contributed by atoms with van der Waals surface area (Å²) >= 11 is 0. The Morgan fingerprint density at radius 1 is 1.16 bits per heavy atom. The summed E-state index contributed by atoms with van der Waals surface area (Å²) in [5, 5.41) is 11.9. The molecular weight excluding hydrogens is 403 g/mol. The molecule has 31 heavy (non-hydrogen) atoms. The average molecular weight is 420 g/mol. The lowest BCUT2D eigenvalue weighted by Crippen LogP contribution is -2.23. The van der Waals surface area contributed by atoms with E-state index in [-0.39, 0.29) is 29.2 Å². The third-order valence-corrected chi connectivity index (χ3v) is 4.15. The molecule has 0 aliphatic heterocycles. The number of nitrogens with zero attached hydrogens (tertiary/aromatic N) is 1. The van der Waals surface area contributed by atoms with E-state index >= 15 is 0 Å². The number of hydrogen-bond acceptors (Lipinski definition) is 6. The topological polar surface area (TPSA) is 102 Å². The minimum absolute atomic E-state index is 0.121. The molecule has 0 radical (unpaired) electrons. The number of benzene rings is 2. The summed E-state index contributed by atoms with van der Waals surface area (Å²) in [6.45, 7) is 0.145. The van der Waals surface area contributed by atoms with Crippen LogP contribution in [0.25, 0.3) is 6.08 Å². The van der Waals surface area contributed by atoms with E-state index in [1.807, 2.05) is 6.07 Å². The highest BCUT2D eigenvalue weighted by Gasteiger charge is 2.14. The van der Waals surface area contributed by atoms with Gasteiger partial charge < -0.3 is 19.2 Å². The molecule has 0 spiro atoms. The molecule has 8 heteroatoms. The number of methoxy groups -OCH3 is 1. The summed E-state index contributed by atoms with van der Waals surface area (Å²) in [6.07, 6.45) is 2.87. The Bertz CT molecular complexity index is 1150. The van der Waals surface area contributed by atoms with Gasteiger partial charge in [0.2, 0.25) is 0 Å². The minimum Gasteiger partial charge on any atom is -0.493 e. The standard InChI is InChI=1S/C23H17FN2O5/c1-29-21-12-15(11-17(13-25)22(27)26-14-19-3-2-10-30-19)4-9-20(21)31-23(28)16-5-7-18(24)8-6-16/h2-12H,14H2,1H3,(H,26,27). The SMILES string of the molecule is COc1cc(C=C(C#N)C(=O)NCc2ccco2)ccc1OC(=O)c1ccc(F)cc1. The van der Waals surface area contributed by atoms with Gasteiger partial charge in [0.1, 0.15) is 23.2 Å². The van der Waals surface area contributed by atoms with E-state index in [1.165, 1.54) is 43.7 Å². The van der Waals surface area contributed by atoms with Crippen molar-refractivity contribution in [1.82, 2.24) is 5.32 Å². The first-order chi connectivity index (χ1) is 15.0. The molecule has 0 aliphatic carbocycles. The molecule has 1 aromatic heterocycles. The Labute approximate surface area is 177 Å². The van der Waals surface area contributed by atoms with Crippen molar-refractivity contribution in [3.05, 3.63) is 89.1 Å². The quantitative estimate of drug-likeness (QED) is 0.269. The molecule has 0 unspecified atom stereocenters. The van der Waals surface area contributed by atoms with Crippen molar-refractivity contribution in [1.29, 1.82) is 5.26 Å². The predicted molar refractivity (Wildman–Crippen MR) is 108 cm³/mol. The fraction of sp³-hybridized carbons (Fsp3) is 0.0870. The molecule has 7 nitrogen and oxygen atoms in total. The first-order valence-electron chi connectivity index (χ1n) is 9.08. The Balaban J connectivity index is 1.74. The Hall–Kier alpha value is -4.38. The largest absolute Gasteiger partial charge is 0.493 e. The molecule has 156 valence electrons. The number of rotatable bonds is 7. The number of nitriles is 1. The zero-order chi connectivity index (χ0) is 22.2. The number of halogens is 1. The third kappa shape index (κ3) is 5.58. The van der Waals surface area contributed by atoms with Crippen LogP contribution >= 0.6 is 0 Å². The van der Waals surface area contributed by atoms with Crippen LogP contribution in [0.3, 0.4) is 0 Å². The number of hydrogen-bond donors (Lipinski definition) is 1. The van der Waals surface area contributed by atoms with Gasteiger partial charge in [0.15, 0.2) is 11.5 Å². The zero-order valence-corrected chi connectivity index (χ0v) is 16.4. The smallest absolute Gasteiger partial charge is 0.343 e. The molecule has 2 aromatic carbocycles. The van der Waals surface area contributed by atoms with Crippen LogP contribution in [0.1, 0.15) is 21.7 Å². The predicted octanol–water partition coefficient (Wildman–Crippen LogP) is 3.87. The van der Waals surface area contributed by atoms with Crippen LogP contribution in [0, 0.1) is 17.1 Å². The van der Waals surface area contributed by atoms with E-state index in [2.05, 4.69) is 5.32 Å². The summed E-state index contributed by atoms with van der Waals surface area (Å²) in [5.41, 5.74) is 0.542. The summed E-state index contributed by atoms with van der Waals surface area (Å²) in [5.74, 6) is -0.806. The normalized spacial score (nSPS) is 10.8. The lowest BCUT2D eigenvalue weighted by molar-refractivity contribution is -0.117. The number of carbonyl (C=O) groups excluding carboxylic acids is 2. The number of amides is 1. The van der Waals surface area contributed by atoms with Crippen molar-refractivity contribution in [2.75, 3.05) is 7.11 Å². The maximum atomic E-state index is 13.0. The summed E-state index contributed by atoms with van der Waals surface area (Å²) < 4.78 is 28.7. The molecule has 0 saturated carbocycles. The van der Waals surface area contributed by atoms with Crippen LogP contribution in [-0.2, 0) is 11.3 Å². The number of nitrogens with one attached hydrogen (secondary N) is 1. The second-order valence-electron chi connectivity index (χ2n) is 6.24. The van der Waals surface area contributed by atoms with Crippen molar-refractivity contribution in [2.24, 2.45) is 0 Å². The van der Waals surface area contributed by atoms with Gasteiger partial charge in [-0.2, -0.15) is 5.26 Å². The van der Waals surface area contributed by atoms with E-state index in [1.54, 1.807) is 18.2 Å². The fourth-order valence-electron chi connectivity index (χ4n) is 2.59. The Morgan fingerprint density at radius 2 is 1.94 bits per heavy atom. The average Bonchev–Trinajstić information content (AvgIpc) is 3.30. The van der Waals surface area contributed by atoms with Gasteiger partial charge >= 0.3 is 5.97 Å². The van der Waals surface area contributed by atoms with E-state index in [0.717, 1.165) is 12.1 Å². The van der Waals surface area contributed by atoms with Crippen LogP contribution in [0.4, 0.5) is 4.39 Å². The van der Waals surface area contributed by atoms with Crippen LogP contribution in [-0.4, -0.2) is 19.0 Å². The molecule has 1 N–H and O–H groups in total. The van der Waals surface area contributed by atoms with Crippen LogP contribution in [0.5, 0.6) is 11.5 Å². The molecule has 0 atom stereocenters. The van der Waals surface area contributed by atoms with Crippen molar-refractivity contribution in [3.8, 4) is 17.6 Å². The van der Waals surface area contributed by atoms with Crippen molar-refractivity contribution in [2.45, 2.75) is 6.54 Å². The highest BCUT2D eigenvalue weighted by atomic mass is 19.1. The van der Waals surface area contributed by atoms with E-state index in [0.29, 0.717) is 11.3 Å². The number of carbonyl (C=O) groups is 2. The fourth-order valence-corrected chi connectivity index (χ4v) is 2.59. The molecule has 3 aromatic rings. The number of esters is 1. The summed E-state index contributed by atoms with van der Waals surface area (Å²) in [4.78, 5) is 24.5. The number of ether oxygens (including phenoxy) is 2. The minimum atomic E-state index is -0.684. The zero-order valence-electron chi connectivity index (χ0n) is 16.4. The molecule has 0 fully saturated rings. The maximum Gasteiger partial charge on any atom is 0.343 e. The van der Waals surface area contributed by atoms with Crippen molar-refractivity contribution in [3.63, 3.8) is 0 Å². The maximum absolute atomic E-state index is 13.0. The van der Waals surface area contributed by atoms with Gasteiger partial charge in [-0.15, -0.1) is 0 Å².